The highest BCUT2D eigenvalue weighted by Crippen LogP contribution is 2.26. The number of hydrogen-bond acceptors (Lipinski definition) is 4. The average molecular weight is 274 g/mol. The number of nitrogens with zero attached hydrogens (tertiary/aromatic N) is 3. The molecule has 0 saturated heterocycles. The normalized spacial score (nSPS) is 10.9. The first-order valence-corrected chi connectivity index (χ1v) is 6.58. The summed E-state index contributed by atoms with van der Waals surface area (Å²) in [6, 6.07) is 15.9. The lowest BCUT2D eigenvalue weighted by molar-refractivity contribution is 1.06. The Labute approximate surface area is 123 Å². The summed E-state index contributed by atoms with van der Waals surface area (Å²) in [6.07, 6.45) is 6.96. The van der Waals surface area contributed by atoms with E-state index in [0.717, 1.165) is 16.7 Å². The van der Waals surface area contributed by atoms with Crippen molar-refractivity contribution in [3.8, 4) is 11.4 Å². The molecule has 0 aliphatic rings. The van der Waals surface area contributed by atoms with Crippen molar-refractivity contribution in [1.29, 1.82) is 0 Å². The molecule has 102 valence electrons. The Morgan fingerprint density at radius 2 is 1.57 bits per heavy atom. The first-order valence-electron chi connectivity index (χ1n) is 6.58. The summed E-state index contributed by atoms with van der Waals surface area (Å²) in [5, 5.41) is 0. The van der Waals surface area contributed by atoms with Gasteiger partial charge in [-0.1, -0.05) is 54.6 Å². The molecular formula is C17H14N4. The number of benzene rings is 2. The first-order chi connectivity index (χ1) is 10.3. The fourth-order valence-electron chi connectivity index (χ4n) is 2.05. The summed E-state index contributed by atoms with van der Waals surface area (Å²) in [7, 11) is 0. The van der Waals surface area contributed by atoms with Crippen molar-refractivity contribution >= 4 is 17.8 Å². The van der Waals surface area contributed by atoms with Crippen LogP contribution in [0.4, 0.5) is 5.69 Å². The number of para-hydroxylation sites is 1. The highest BCUT2D eigenvalue weighted by molar-refractivity contribution is 5.83. The summed E-state index contributed by atoms with van der Waals surface area (Å²) in [5.41, 5.74) is 9.77. The first kappa shape index (κ1) is 13.0. The molecule has 0 atom stereocenters. The highest BCUT2D eigenvalue weighted by atomic mass is 15.0. The fourth-order valence-corrected chi connectivity index (χ4v) is 2.05. The van der Waals surface area contributed by atoms with Gasteiger partial charge in [0, 0.05) is 11.3 Å². The van der Waals surface area contributed by atoms with Gasteiger partial charge in [0.15, 0.2) is 5.82 Å². The molecule has 0 aliphatic carbocycles. The van der Waals surface area contributed by atoms with Crippen LogP contribution in [0.15, 0.2) is 61.2 Å². The van der Waals surface area contributed by atoms with Gasteiger partial charge in [0.05, 0.1) is 0 Å². The lowest BCUT2D eigenvalue weighted by atomic mass is 10.1. The van der Waals surface area contributed by atoms with Crippen molar-refractivity contribution in [3.63, 3.8) is 0 Å². The van der Waals surface area contributed by atoms with Crippen LogP contribution in [0.3, 0.4) is 0 Å². The van der Waals surface area contributed by atoms with Crippen molar-refractivity contribution in [2.24, 2.45) is 0 Å². The van der Waals surface area contributed by atoms with E-state index in [1.807, 2.05) is 60.7 Å². The molecule has 0 unspecified atom stereocenters. The molecule has 4 heteroatoms. The predicted molar refractivity (Wildman–Crippen MR) is 85.0 cm³/mol. The third kappa shape index (κ3) is 2.95. The van der Waals surface area contributed by atoms with Gasteiger partial charge in [0.1, 0.15) is 12.7 Å². The minimum Gasteiger partial charge on any atom is -0.398 e. The van der Waals surface area contributed by atoms with Gasteiger partial charge in [0.2, 0.25) is 0 Å². The van der Waals surface area contributed by atoms with Gasteiger partial charge in [-0.3, -0.25) is 0 Å². The zero-order valence-corrected chi connectivity index (χ0v) is 11.3. The second-order valence-corrected chi connectivity index (χ2v) is 4.51. The smallest absolute Gasteiger partial charge is 0.164 e. The lowest BCUT2D eigenvalue weighted by Crippen LogP contribution is -1.97. The SMILES string of the molecule is Nc1c(C=Cc2ccccc2)cccc1-c1ncncn1. The van der Waals surface area contributed by atoms with Gasteiger partial charge in [-0.15, -0.1) is 0 Å². The molecule has 0 radical (unpaired) electrons. The number of aromatic nitrogens is 3. The Balaban J connectivity index is 1.96. The molecule has 2 N–H and O–H groups in total. The van der Waals surface area contributed by atoms with Gasteiger partial charge in [-0.05, 0) is 17.2 Å². The summed E-state index contributed by atoms with van der Waals surface area (Å²) in [6.45, 7) is 0. The summed E-state index contributed by atoms with van der Waals surface area (Å²) >= 11 is 0. The average Bonchev–Trinajstić information content (AvgIpc) is 2.56. The summed E-state index contributed by atoms with van der Waals surface area (Å²) < 4.78 is 0. The molecule has 1 aromatic heterocycles. The fraction of sp³-hybridized carbons (Fsp3) is 0. The number of hydrogen-bond donors (Lipinski definition) is 1. The molecule has 2 aromatic carbocycles. The summed E-state index contributed by atoms with van der Waals surface area (Å²) in [4.78, 5) is 12.1. The second-order valence-electron chi connectivity index (χ2n) is 4.51. The van der Waals surface area contributed by atoms with Crippen molar-refractivity contribution in [3.05, 3.63) is 72.3 Å². The monoisotopic (exact) mass is 274 g/mol. The third-order valence-electron chi connectivity index (χ3n) is 3.13. The van der Waals surface area contributed by atoms with Crippen LogP contribution in [0.1, 0.15) is 11.1 Å². The second kappa shape index (κ2) is 5.96. The quantitative estimate of drug-likeness (QED) is 0.588. The van der Waals surface area contributed by atoms with Crippen molar-refractivity contribution in [2.45, 2.75) is 0 Å². The van der Waals surface area contributed by atoms with Crippen molar-refractivity contribution < 1.29 is 0 Å². The minimum absolute atomic E-state index is 0.581. The molecule has 0 fully saturated rings. The van der Waals surface area contributed by atoms with E-state index < -0.39 is 0 Å². The topological polar surface area (TPSA) is 64.7 Å². The predicted octanol–water partition coefficient (Wildman–Crippen LogP) is 3.29. The Morgan fingerprint density at radius 1 is 0.810 bits per heavy atom. The van der Waals surface area contributed by atoms with Gasteiger partial charge in [-0.25, -0.2) is 15.0 Å². The van der Waals surface area contributed by atoms with E-state index in [1.165, 1.54) is 12.7 Å². The Kier molecular flexibility index (Phi) is 3.69. The van der Waals surface area contributed by atoms with E-state index in [9.17, 15) is 0 Å². The van der Waals surface area contributed by atoms with Crippen LogP contribution in [-0.2, 0) is 0 Å². The Bertz CT molecular complexity index is 752. The van der Waals surface area contributed by atoms with Crippen molar-refractivity contribution in [1.82, 2.24) is 15.0 Å². The molecule has 0 amide bonds. The molecule has 0 saturated carbocycles. The largest absolute Gasteiger partial charge is 0.398 e. The standard InChI is InChI=1S/C17H14N4/c18-16-14(10-9-13-5-2-1-3-6-13)7-4-8-15(16)17-20-11-19-12-21-17/h1-12H,18H2. The molecular weight excluding hydrogens is 260 g/mol. The molecule has 0 aliphatic heterocycles. The van der Waals surface area contributed by atoms with E-state index in [1.54, 1.807) is 0 Å². The Morgan fingerprint density at radius 3 is 2.33 bits per heavy atom. The molecule has 0 bridgehead atoms. The number of nitrogen functional groups attached to an aromatic ring is 1. The van der Waals surface area contributed by atoms with Crippen LogP contribution in [0, 0.1) is 0 Å². The third-order valence-corrected chi connectivity index (χ3v) is 3.13. The van der Waals surface area contributed by atoms with Crippen LogP contribution in [0.2, 0.25) is 0 Å². The lowest BCUT2D eigenvalue weighted by Gasteiger charge is -2.06. The van der Waals surface area contributed by atoms with Crippen LogP contribution in [0.5, 0.6) is 0 Å². The molecule has 1 heterocycles. The van der Waals surface area contributed by atoms with E-state index in [4.69, 9.17) is 5.73 Å². The van der Waals surface area contributed by atoms with Gasteiger partial charge >= 0.3 is 0 Å². The van der Waals surface area contributed by atoms with Crippen LogP contribution in [-0.4, -0.2) is 15.0 Å². The Hall–Kier alpha value is -3.01. The van der Waals surface area contributed by atoms with Crippen molar-refractivity contribution in [2.75, 3.05) is 5.73 Å². The van der Waals surface area contributed by atoms with E-state index in [0.29, 0.717) is 11.5 Å². The van der Waals surface area contributed by atoms with Gasteiger partial charge in [-0.2, -0.15) is 0 Å². The minimum atomic E-state index is 0.581. The van der Waals surface area contributed by atoms with Crippen LogP contribution >= 0.6 is 0 Å². The molecule has 3 aromatic rings. The molecule has 0 spiro atoms. The maximum atomic E-state index is 6.23. The maximum Gasteiger partial charge on any atom is 0.164 e. The molecule has 3 rings (SSSR count). The van der Waals surface area contributed by atoms with Crippen LogP contribution in [0.25, 0.3) is 23.5 Å². The maximum absolute atomic E-state index is 6.23. The van der Waals surface area contributed by atoms with Crippen LogP contribution < -0.4 is 5.73 Å². The summed E-state index contributed by atoms with van der Waals surface area (Å²) in [5.74, 6) is 0.581. The zero-order valence-electron chi connectivity index (χ0n) is 11.3. The zero-order chi connectivity index (χ0) is 14.5. The van der Waals surface area contributed by atoms with E-state index >= 15 is 0 Å². The molecule has 21 heavy (non-hydrogen) atoms. The number of rotatable bonds is 3. The van der Waals surface area contributed by atoms with Gasteiger partial charge < -0.3 is 5.73 Å². The van der Waals surface area contributed by atoms with Gasteiger partial charge in [0.25, 0.3) is 0 Å². The van der Waals surface area contributed by atoms with E-state index in [2.05, 4.69) is 15.0 Å². The van der Waals surface area contributed by atoms with E-state index in [-0.39, 0.29) is 0 Å². The highest BCUT2D eigenvalue weighted by Gasteiger charge is 2.07. The number of anilines is 1. The molecule has 4 nitrogen and oxygen atoms in total. The number of nitrogens with two attached hydrogens (primary N) is 1.